The molecule has 0 fully saturated rings. The van der Waals surface area contributed by atoms with Crippen LogP contribution in [0.4, 0.5) is 0 Å². The summed E-state index contributed by atoms with van der Waals surface area (Å²) >= 11 is 0. The van der Waals surface area contributed by atoms with Gasteiger partial charge in [0.25, 0.3) is 0 Å². The predicted molar refractivity (Wildman–Crippen MR) is 71.0 cm³/mol. The fraction of sp³-hybridized carbons (Fsp3) is 0.538. The van der Waals surface area contributed by atoms with Crippen LogP contribution in [0.3, 0.4) is 0 Å². The van der Waals surface area contributed by atoms with Crippen LogP contribution in [0.15, 0.2) is 18.2 Å². The van der Waals surface area contributed by atoms with Crippen LogP contribution in [0.2, 0.25) is 0 Å². The van der Waals surface area contributed by atoms with Crippen LogP contribution < -0.4 is 5.30 Å². The van der Waals surface area contributed by atoms with E-state index in [-0.39, 0.29) is 12.0 Å². The van der Waals surface area contributed by atoms with Gasteiger partial charge >= 0.3 is 7.60 Å². The number of hydrogen-bond acceptors (Lipinski definition) is 2. The minimum atomic E-state index is -3.68. The minimum Gasteiger partial charge on any atom is -0.321 e. The van der Waals surface area contributed by atoms with E-state index >= 15 is 0 Å². The lowest BCUT2D eigenvalue weighted by Gasteiger charge is -2.22. The lowest BCUT2D eigenvalue weighted by Crippen LogP contribution is -2.17. The van der Waals surface area contributed by atoms with E-state index in [1.165, 1.54) is 0 Å². The Morgan fingerprint density at radius 2 is 1.94 bits per heavy atom. The number of rotatable bonds is 3. The summed E-state index contributed by atoms with van der Waals surface area (Å²) in [7, 11) is -3.68. The molecule has 0 bridgehead atoms. The van der Waals surface area contributed by atoms with Crippen molar-refractivity contribution < 1.29 is 14.0 Å². The summed E-state index contributed by atoms with van der Waals surface area (Å²) < 4.78 is 17.0. The van der Waals surface area contributed by atoms with E-state index in [9.17, 15) is 9.46 Å². The van der Waals surface area contributed by atoms with Gasteiger partial charge in [-0.05, 0) is 36.5 Å². The smallest absolute Gasteiger partial charge is 0.321 e. The van der Waals surface area contributed by atoms with Gasteiger partial charge in [0.2, 0.25) is 0 Å². The van der Waals surface area contributed by atoms with Crippen molar-refractivity contribution in [3.05, 3.63) is 29.3 Å². The molecule has 1 rings (SSSR count). The van der Waals surface area contributed by atoms with E-state index < -0.39 is 7.60 Å². The molecule has 0 heterocycles. The SMILES string of the molecule is CCOP(=O)(O)c1cc(C(C)(C)C)ccc1C. The summed E-state index contributed by atoms with van der Waals surface area (Å²) in [5.41, 5.74) is 1.78. The van der Waals surface area contributed by atoms with Gasteiger partial charge in [0.1, 0.15) is 0 Å². The molecule has 1 unspecified atom stereocenters. The minimum absolute atomic E-state index is 0.0470. The van der Waals surface area contributed by atoms with Crippen molar-refractivity contribution in [2.75, 3.05) is 6.61 Å². The molecule has 0 saturated carbocycles. The van der Waals surface area contributed by atoms with Gasteiger partial charge in [-0.1, -0.05) is 32.9 Å². The zero-order chi connectivity index (χ0) is 13.3. The molecule has 0 aliphatic carbocycles. The fourth-order valence-corrected chi connectivity index (χ4v) is 2.94. The Morgan fingerprint density at radius 1 is 1.35 bits per heavy atom. The fourth-order valence-electron chi connectivity index (χ4n) is 1.62. The molecule has 3 nitrogen and oxygen atoms in total. The van der Waals surface area contributed by atoms with Crippen molar-refractivity contribution in [1.82, 2.24) is 0 Å². The van der Waals surface area contributed by atoms with E-state index in [1.807, 2.05) is 19.1 Å². The summed E-state index contributed by atoms with van der Waals surface area (Å²) in [6.45, 7) is 9.99. The van der Waals surface area contributed by atoms with Crippen molar-refractivity contribution in [2.45, 2.75) is 40.0 Å². The highest BCUT2D eigenvalue weighted by atomic mass is 31.2. The zero-order valence-corrected chi connectivity index (χ0v) is 12.0. The van der Waals surface area contributed by atoms with Crippen molar-refractivity contribution >= 4 is 12.9 Å². The normalized spacial score (nSPS) is 15.6. The van der Waals surface area contributed by atoms with Crippen LogP contribution in [0, 0.1) is 6.92 Å². The van der Waals surface area contributed by atoms with Crippen molar-refractivity contribution in [1.29, 1.82) is 0 Å². The average Bonchev–Trinajstić information content (AvgIpc) is 2.15. The highest BCUT2D eigenvalue weighted by Crippen LogP contribution is 2.42. The summed E-state index contributed by atoms with van der Waals surface area (Å²) in [6, 6.07) is 5.65. The first-order valence-corrected chi connectivity index (χ1v) is 7.35. The summed E-state index contributed by atoms with van der Waals surface area (Å²) in [5, 5.41) is 0.409. The zero-order valence-electron chi connectivity index (χ0n) is 11.2. The van der Waals surface area contributed by atoms with Crippen molar-refractivity contribution in [3.63, 3.8) is 0 Å². The summed E-state index contributed by atoms with van der Waals surface area (Å²) in [6.07, 6.45) is 0. The molecule has 0 amide bonds. The first-order valence-electron chi connectivity index (χ1n) is 5.77. The maximum absolute atomic E-state index is 12.0. The van der Waals surface area contributed by atoms with E-state index in [2.05, 4.69) is 20.8 Å². The third-order valence-electron chi connectivity index (χ3n) is 2.68. The maximum Gasteiger partial charge on any atom is 0.359 e. The van der Waals surface area contributed by atoms with E-state index in [4.69, 9.17) is 4.52 Å². The number of hydrogen-bond donors (Lipinski definition) is 1. The van der Waals surface area contributed by atoms with Crippen LogP contribution >= 0.6 is 7.60 Å². The van der Waals surface area contributed by atoms with Crippen LogP contribution in [0.1, 0.15) is 38.8 Å². The first-order chi connectivity index (χ1) is 7.68. The van der Waals surface area contributed by atoms with Crippen molar-refractivity contribution in [2.24, 2.45) is 0 Å². The molecule has 0 aromatic heterocycles. The molecule has 0 spiro atoms. The Hall–Kier alpha value is -0.630. The number of aryl methyl sites for hydroxylation is 1. The second-order valence-electron chi connectivity index (χ2n) is 5.19. The molecule has 1 aromatic carbocycles. The van der Waals surface area contributed by atoms with Crippen LogP contribution in [-0.4, -0.2) is 11.5 Å². The molecule has 96 valence electrons. The Morgan fingerprint density at radius 3 is 2.41 bits per heavy atom. The molecule has 0 radical (unpaired) electrons. The Bertz CT molecular complexity index is 446. The van der Waals surface area contributed by atoms with Crippen LogP contribution in [0.25, 0.3) is 0 Å². The van der Waals surface area contributed by atoms with Gasteiger partial charge in [-0.15, -0.1) is 0 Å². The quantitative estimate of drug-likeness (QED) is 0.845. The van der Waals surface area contributed by atoms with Gasteiger partial charge in [-0.3, -0.25) is 4.57 Å². The molecule has 17 heavy (non-hydrogen) atoms. The van der Waals surface area contributed by atoms with Gasteiger partial charge in [0, 0.05) is 0 Å². The second kappa shape index (κ2) is 4.93. The van der Waals surface area contributed by atoms with Crippen LogP contribution in [0.5, 0.6) is 0 Å². The second-order valence-corrected chi connectivity index (χ2v) is 6.97. The van der Waals surface area contributed by atoms with Gasteiger partial charge in [-0.25, -0.2) is 0 Å². The summed E-state index contributed by atoms with van der Waals surface area (Å²) in [5.74, 6) is 0. The van der Waals surface area contributed by atoms with Crippen molar-refractivity contribution in [3.8, 4) is 0 Å². The van der Waals surface area contributed by atoms with Gasteiger partial charge < -0.3 is 9.42 Å². The van der Waals surface area contributed by atoms with Gasteiger partial charge in [-0.2, -0.15) is 0 Å². The van der Waals surface area contributed by atoms with E-state index in [1.54, 1.807) is 13.0 Å². The number of benzene rings is 1. The third kappa shape index (κ3) is 3.41. The Balaban J connectivity index is 3.29. The highest BCUT2D eigenvalue weighted by Gasteiger charge is 2.26. The van der Waals surface area contributed by atoms with Crippen LogP contribution in [-0.2, 0) is 14.5 Å². The lowest BCUT2D eigenvalue weighted by atomic mass is 9.87. The molecule has 1 N–H and O–H groups in total. The lowest BCUT2D eigenvalue weighted by molar-refractivity contribution is 0.284. The molecule has 0 aliphatic heterocycles. The largest absolute Gasteiger partial charge is 0.359 e. The molecular formula is C13H21O3P. The molecule has 4 heteroatoms. The molecular weight excluding hydrogens is 235 g/mol. The molecule has 1 atom stereocenters. The monoisotopic (exact) mass is 256 g/mol. The first kappa shape index (κ1) is 14.4. The third-order valence-corrected chi connectivity index (χ3v) is 4.38. The Kier molecular flexibility index (Phi) is 4.19. The standard InChI is InChI=1S/C13H21O3P/c1-6-16-17(14,15)12-9-11(13(3,4)5)8-7-10(12)2/h7-9H,6H2,1-5H3,(H,14,15). The van der Waals surface area contributed by atoms with E-state index in [0.29, 0.717) is 5.30 Å². The molecule has 0 saturated heterocycles. The van der Waals surface area contributed by atoms with E-state index in [0.717, 1.165) is 11.1 Å². The van der Waals surface area contributed by atoms with Gasteiger partial charge in [0.15, 0.2) is 0 Å². The van der Waals surface area contributed by atoms with Gasteiger partial charge in [0.05, 0.1) is 11.9 Å². The average molecular weight is 256 g/mol. The molecule has 1 aromatic rings. The highest BCUT2D eigenvalue weighted by molar-refractivity contribution is 7.61. The molecule has 0 aliphatic rings. The summed E-state index contributed by atoms with van der Waals surface area (Å²) in [4.78, 5) is 9.89. The predicted octanol–water partition coefficient (Wildman–Crippen LogP) is 3.14. The topological polar surface area (TPSA) is 46.5 Å². The Labute approximate surface area is 103 Å². The maximum atomic E-state index is 12.0.